The molecule has 0 aliphatic heterocycles. The SMILES string of the molecule is Brc1c(Br)c(Br)c(-c2c(Br)c(Br)c(Br)c(Br)c2-c2c(Br)c(Br)c(Br)c(Br)c2Br)c(Br)c1Br. The van der Waals surface area contributed by atoms with Gasteiger partial charge < -0.3 is 0 Å². The van der Waals surface area contributed by atoms with Gasteiger partial charge in [0, 0.05) is 84.9 Å². The Kier molecular flexibility index (Phi) is 11.9. The van der Waals surface area contributed by atoms with Crippen LogP contribution in [0.3, 0.4) is 0 Å². The summed E-state index contributed by atoms with van der Waals surface area (Å²) >= 11 is 52.4. The summed E-state index contributed by atoms with van der Waals surface area (Å²) in [6, 6.07) is 0. The Bertz CT molecular complexity index is 1150. The predicted octanol–water partition coefficient (Wildman–Crippen LogP) is 15.7. The lowest BCUT2D eigenvalue weighted by atomic mass is 9.94. The molecular formula is C18Br14. The molecule has 0 nitrogen and oxygen atoms in total. The number of halogens is 14. The molecule has 0 spiro atoms. The van der Waals surface area contributed by atoms with E-state index in [4.69, 9.17) is 0 Å². The summed E-state index contributed by atoms with van der Waals surface area (Å²) in [6.07, 6.45) is 0. The van der Waals surface area contributed by atoms with Crippen molar-refractivity contribution in [2.75, 3.05) is 0 Å². The van der Waals surface area contributed by atoms with Gasteiger partial charge >= 0.3 is 0 Å². The smallest absolute Gasteiger partial charge is 0.0482 e. The lowest BCUT2D eigenvalue weighted by Crippen LogP contribution is -1.98. The van der Waals surface area contributed by atoms with Gasteiger partial charge in [0.1, 0.15) is 0 Å². The van der Waals surface area contributed by atoms with Gasteiger partial charge in [-0.25, -0.2) is 0 Å². The van der Waals surface area contributed by atoms with Crippen molar-refractivity contribution in [2.45, 2.75) is 0 Å². The summed E-state index contributed by atoms with van der Waals surface area (Å²) in [5.41, 5.74) is 3.78. The highest BCUT2D eigenvalue weighted by molar-refractivity contribution is 9.17. The molecule has 3 rings (SSSR count). The minimum atomic E-state index is 0.874. The number of rotatable bonds is 2. The van der Waals surface area contributed by atoms with Crippen LogP contribution in [0.1, 0.15) is 0 Å². The van der Waals surface area contributed by atoms with Crippen LogP contribution in [0.25, 0.3) is 22.3 Å². The second-order valence-electron chi connectivity index (χ2n) is 5.90. The van der Waals surface area contributed by atoms with Gasteiger partial charge in [-0.3, -0.25) is 0 Å². The second kappa shape index (κ2) is 12.3. The monoisotopic (exact) mass is 1320 g/mol. The van der Waals surface area contributed by atoms with Gasteiger partial charge in [0.25, 0.3) is 0 Å². The van der Waals surface area contributed by atoms with E-state index in [-0.39, 0.29) is 0 Å². The fourth-order valence-corrected chi connectivity index (χ4v) is 12.2. The molecule has 0 heterocycles. The van der Waals surface area contributed by atoms with Crippen LogP contribution >= 0.6 is 223 Å². The van der Waals surface area contributed by atoms with Crippen molar-refractivity contribution in [3.8, 4) is 22.3 Å². The maximum absolute atomic E-state index is 3.84. The Hall–Kier alpha value is 4.38. The molecule has 0 radical (unpaired) electrons. The summed E-state index contributed by atoms with van der Waals surface area (Å²) < 4.78 is 12.3. The molecule has 0 N–H and O–H groups in total. The standard InChI is InChI=1S/C18Br14/c19-5-1(3-7(21)13(27)17(31)14(28)8(3)22)2(6(20)12(26)11(5)25)4-9(23)15(29)18(32)16(30)10(4)24. The van der Waals surface area contributed by atoms with Crippen molar-refractivity contribution in [3.05, 3.63) is 62.6 Å². The first-order chi connectivity index (χ1) is 14.7. The largest absolute Gasteiger partial charge is 0.0489 e. The molecule has 0 unspecified atom stereocenters. The van der Waals surface area contributed by atoms with E-state index in [0.29, 0.717) is 0 Å². The third-order valence-electron chi connectivity index (χ3n) is 4.19. The summed E-state index contributed by atoms with van der Waals surface area (Å²) in [5.74, 6) is 0. The zero-order valence-corrected chi connectivity index (χ0v) is 36.5. The molecule has 0 aliphatic rings. The molecule has 0 aromatic heterocycles. The van der Waals surface area contributed by atoms with Gasteiger partial charge in [0.05, 0.1) is 0 Å². The van der Waals surface area contributed by atoms with Crippen LogP contribution < -0.4 is 0 Å². The first kappa shape index (κ1) is 30.9. The average Bonchev–Trinajstić information content (AvgIpc) is 2.77. The van der Waals surface area contributed by atoms with Crippen LogP contribution in [0.4, 0.5) is 0 Å². The molecule has 0 saturated carbocycles. The lowest BCUT2D eigenvalue weighted by molar-refractivity contribution is 1.38. The number of hydrogen-bond acceptors (Lipinski definition) is 0. The van der Waals surface area contributed by atoms with Crippen LogP contribution in [0, 0.1) is 0 Å². The van der Waals surface area contributed by atoms with E-state index < -0.39 is 0 Å². The molecule has 0 bridgehead atoms. The Balaban J connectivity index is 2.69. The number of benzene rings is 3. The Morgan fingerprint density at radius 1 is 0.156 bits per heavy atom. The molecule has 3 aromatic rings. The van der Waals surface area contributed by atoms with E-state index >= 15 is 0 Å². The lowest BCUT2D eigenvalue weighted by Gasteiger charge is -2.24. The molecule has 0 atom stereocenters. The molecule has 3 aromatic carbocycles. The van der Waals surface area contributed by atoms with Gasteiger partial charge in [-0.05, 0) is 223 Å². The van der Waals surface area contributed by atoms with Crippen molar-refractivity contribution in [1.82, 2.24) is 0 Å². The van der Waals surface area contributed by atoms with Crippen molar-refractivity contribution < 1.29 is 0 Å². The minimum absolute atomic E-state index is 0.874. The first-order valence-electron chi connectivity index (χ1n) is 7.65. The molecule has 170 valence electrons. The maximum atomic E-state index is 3.84. The fourth-order valence-electron chi connectivity index (χ4n) is 2.75. The third-order valence-corrected chi connectivity index (χ3v) is 21.1. The highest BCUT2D eigenvalue weighted by Crippen LogP contribution is 2.59. The molecule has 14 heteroatoms. The third kappa shape index (κ3) is 5.38. The van der Waals surface area contributed by atoms with Gasteiger partial charge in [0.2, 0.25) is 0 Å². The Morgan fingerprint density at radius 2 is 0.281 bits per heavy atom. The molecule has 0 saturated heterocycles. The Labute approximate surface area is 302 Å². The van der Waals surface area contributed by atoms with E-state index in [1.165, 1.54) is 0 Å². The van der Waals surface area contributed by atoms with Crippen LogP contribution in [-0.2, 0) is 0 Å². The van der Waals surface area contributed by atoms with Gasteiger partial charge in [-0.15, -0.1) is 0 Å². The molecule has 32 heavy (non-hydrogen) atoms. The van der Waals surface area contributed by atoms with E-state index in [0.717, 1.165) is 84.9 Å². The molecule has 0 aliphatic carbocycles. The normalized spacial score (nSPS) is 11.4. The summed E-state index contributed by atoms with van der Waals surface area (Å²) in [7, 11) is 0. The van der Waals surface area contributed by atoms with Crippen LogP contribution in [0.5, 0.6) is 0 Å². The maximum Gasteiger partial charge on any atom is 0.0482 e. The van der Waals surface area contributed by atoms with Gasteiger partial charge in [-0.1, -0.05) is 0 Å². The van der Waals surface area contributed by atoms with Gasteiger partial charge in [-0.2, -0.15) is 0 Å². The van der Waals surface area contributed by atoms with Crippen molar-refractivity contribution in [1.29, 1.82) is 0 Å². The van der Waals surface area contributed by atoms with Crippen molar-refractivity contribution in [2.24, 2.45) is 0 Å². The van der Waals surface area contributed by atoms with E-state index in [9.17, 15) is 0 Å². The molecule has 0 fully saturated rings. The average molecular weight is 1330 g/mol. The van der Waals surface area contributed by atoms with Crippen LogP contribution in [0.15, 0.2) is 62.6 Å². The highest BCUT2D eigenvalue weighted by Gasteiger charge is 2.30. The van der Waals surface area contributed by atoms with E-state index in [2.05, 4.69) is 223 Å². The van der Waals surface area contributed by atoms with E-state index in [1.54, 1.807) is 0 Å². The van der Waals surface area contributed by atoms with Crippen molar-refractivity contribution in [3.63, 3.8) is 0 Å². The van der Waals surface area contributed by atoms with Crippen LogP contribution in [0.2, 0.25) is 0 Å². The predicted molar refractivity (Wildman–Crippen MR) is 185 cm³/mol. The minimum Gasteiger partial charge on any atom is -0.0489 e. The number of hydrogen-bond donors (Lipinski definition) is 0. The highest BCUT2D eigenvalue weighted by atomic mass is 79.9. The molecule has 0 amide bonds. The van der Waals surface area contributed by atoms with Crippen LogP contribution in [-0.4, -0.2) is 0 Å². The molecular weight excluding hydrogens is 1330 g/mol. The van der Waals surface area contributed by atoms with E-state index in [1.807, 2.05) is 0 Å². The zero-order valence-electron chi connectivity index (χ0n) is 14.3. The Morgan fingerprint density at radius 3 is 0.469 bits per heavy atom. The fraction of sp³-hybridized carbons (Fsp3) is 0. The summed E-state index contributed by atoms with van der Waals surface area (Å²) in [6.45, 7) is 0. The van der Waals surface area contributed by atoms with Gasteiger partial charge in [0.15, 0.2) is 0 Å². The summed E-state index contributed by atoms with van der Waals surface area (Å²) in [5, 5.41) is 0. The second-order valence-corrected chi connectivity index (χ2v) is 17.0. The van der Waals surface area contributed by atoms with Crippen molar-refractivity contribution >= 4 is 223 Å². The first-order valence-corrected chi connectivity index (χ1v) is 18.7. The zero-order chi connectivity index (χ0) is 24.4. The summed E-state index contributed by atoms with van der Waals surface area (Å²) in [4.78, 5) is 0. The quantitative estimate of drug-likeness (QED) is 0.177. The topological polar surface area (TPSA) is 0 Å².